The molecule has 4 aromatic rings. The summed E-state index contributed by atoms with van der Waals surface area (Å²) in [6.07, 6.45) is 0.385. The van der Waals surface area contributed by atoms with Gasteiger partial charge in [0.2, 0.25) is 0 Å². The van der Waals surface area contributed by atoms with Crippen LogP contribution in [0.25, 0.3) is 28.2 Å². The third-order valence-electron chi connectivity index (χ3n) is 7.02. The molecule has 0 bridgehead atoms. The minimum atomic E-state index is -1.11. The Hall–Kier alpha value is -3.78. The van der Waals surface area contributed by atoms with Crippen LogP contribution in [-0.4, -0.2) is 39.9 Å². The molecular weight excluding hydrogens is 497 g/mol. The van der Waals surface area contributed by atoms with Gasteiger partial charge in [0, 0.05) is 34.0 Å². The van der Waals surface area contributed by atoms with Crippen LogP contribution >= 0.6 is 0 Å². The van der Waals surface area contributed by atoms with Crippen molar-refractivity contribution in [2.75, 3.05) is 13.7 Å². The molecule has 3 heterocycles. The number of carbonyl (C=O) groups excluding carboxylic acids is 1. The van der Waals surface area contributed by atoms with Crippen molar-refractivity contribution in [2.24, 2.45) is 0 Å². The number of fused-ring (bicyclic) bond motifs is 2. The molecule has 0 saturated carbocycles. The molecule has 1 atom stereocenters. The maximum absolute atomic E-state index is 15.5. The lowest BCUT2D eigenvalue weighted by molar-refractivity contribution is -0.164. The first kappa shape index (κ1) is 26.8. The number of benzene rings is 2. The van der Waals surface area contributed by atoms with E-state index in [9.17, 15) is 4.79 Å². The predicted molar refractivity (Wildman–Crippen MR) is 147 cm³/mol. The average Bonchev–Trinajstić information content (AvgIpc) is 3.32. The molecular formula is C31H34FN3O4. The molecule has 0 aliphatic carbocycles. The number of aryl methyl sites for hydroxylation is 2. The zero-order valence-electron chi connectivity index (χ0n) is 23.5. The summed E-state index contributed by atoms with van der Waals surface area (Å²) in [6.45, 7) is 11.9. The van der Waals surface area contributed by atoms with E-state index in [1.165, 1.54) is 13.2 Å². The van der Waals surface area contributed by atoms with Gasteiger partial charge in [0.1, 0.15) is 0 Å². The summed E-state index contributed by atoms with van der Waals surface area (Å²) in [4.78, 5) is 18.0. The number of ether oxygens (including phenoxy) is 3. The van der Waals surface area contributed by atoms with Gasteiger partial charge < -0.3 is 14.2 Å². The number of esters is 1. The third kappa shape index (κ3) is 5.01. The van der Waals surface area contributed by atoms with E-state index >= 15 is 4.39 Å². The van der Waals surface area contributed by atoms with E-state index in [0.29, 0.717) is 52.6 Å². The highest BCUT2D eigenvalue weighted by atomic mass is 19.1. The molecule has 2 aromatic heterocycles. The van der Waals surface area contributed by atoms with Crippen LogP contribution in [0.15, 0.2) is 36.4 Å². The van der Waals surface area contributed by atoms with Gasteiger partial charge in [-0.25, -0.2) is 18.7 Å². The normalized spacial score (nSPS) is 14.2. The Morgan fingerprint density at radius 2 is 1.85 bits per heavy atom. The topological polar surface area (TPSA) is 75.0 Å². The van der Waals surface area contributed by atoms with E-state index in [-0.39, 0.29) is 0 Å². The number of hydrogen-bond acceptors (Lipinski definition) is 6. The van der Waals surface area contributed by atoms with Crippen molar-refractivity contribution in [3.8, 4) is 28.3 Å². The highest BCUT2D eigenvalue weighted by molar-refractivity contribution is 5.83. The monoisotopic (exact) mass is 531 g/mol. The Morgan fingerprint density at radius 3 is 2.51 bits per heavy atom. The molecule has 8 heteroatoms. The fourth-order valence-electron chi connectivity index (χ4n) is 5.16. The minimum Gasteiger partial charge on any atom is -0.490 e. The number of aromatic nitrogens is 3. The second-order valence-electron chi connectivity index (χ2n) is 11.0. The number of halogens is 1. The zero-order chi connectivity index (χ0) is 28.1. The molecule has 0 saturated heterocycles. The molecule has 0 spiro atoms. The summed E-state index contributed by atoms with van der Waals surface area (Å²) in [7, 11) is 1.33. The van der Waals surface area contributed by atoms with E-state index < -0.39 is 23.5 Å². The number of nitrogens with zero attached hydrogens (tertiary/aromatic N) is 3. The summed E-state index contributed by atoms with van der Waals surface area (Å²) in [5, 5.41) is 4.93. The van der Waals surface area contributed by atoms with Gasteiger partial charge in [-0.05, 0) is 66.0 Å². The van der Waals surface area contributed by atoms with Gasteiger partial charge in [-0.2, -0.15) is 5.10 Å². The maximum atomic E-state index is 15.5. The Bertz CT molecular complexity index is 1570. The average molecular weight is 532 g/mol. The second-order valence-corrected chi connectivity index (χ2v) is 11.0. The van der Waals surface area contributed by atoms with Crippen LogP contribution in [0.4, 0.5) is 4.39 Å². The van der Waals surface area contributed by atoms with Crippen molar-refractivity contribution in [3.63, 3.8) is 0 Å². The molecule has 0 N–H and O–H groups in total. The summed E-state index contributed by atoms with van der Waals surface area (Å²) >= 11 is 0. The van der Waals surface area contributed by atoms with Crippen molar-refractivity contribution in [3.05, 3.63) is 70.2 Å². The van der Waals surface area contributed by atoms with Crippen LogP contribution in [0.5, 0.6) is 5.75 Å². The van der Waals surface area contributed by atoms with Crippen LogP contribution in [0.2, 0.25) is 0 Å². The van der Waals surface area contributed by atoms with Gasteiger partial charge in [-0.3, -0.25) is 0 Å². The molecule has 2 aromatic carbocycles. The van der Waals surface area contributed by atoms with Crippen molar-refractivity contribution >= 4 is 11.6 Å². The number of methoxy groups -OCH3 is 1. The standard InChI is InChI=1S/C31H34FN3O4/c1-17-10-12-20(13-11-17)24-16-25-33-19(3)26(29(30(36)37-7)39-31(4,5)6)27(35(25)34-24)22-15-23(32)28-21(18(22)2)9-8-14-38-28/h10-13,15-16,29H,8-9,14H2,1-7H3. The van der Waals surface area contributed by atoms with E-state index in [1.807, 2.05) is 71.9 Å². The van der Waals surface area contributed by atoms with Crippen LogP contribution in [0.3, 0.4) is 0 Å². The Balaban J connectivity index is 1.86. The van der Waals surface area contributed by atoms with E-state index in [1.54, 1.807) is 4.52 Å². The molecule has 0 fully saturated rings. The van der Waals surface area contributed by atoms with Gasteiger partial charge >= 0.3 is 5.97 Å². The lowest BCUT2D eigenvalue weighted by atomic mass is 9.91. The highest BCUT2D eigenvalue weighted by Crippen LogP contribution is 2.42. The Labute approximate surface area is 227 Å². The Kier molecular flexibility index (Phi) is 6.93. The molecule has 1 unspecified atom stereocenters. The van der Waals surface area contributed by atoms with Crippen LogP contribution in [0.1, 0.15) is 61.2 Å². The van der Waals surface area contributed by atoms with Gasteiger partial charge in [0.05, 0.1) is 30.7 Å². The molecule has 5 rings (SSSR count). The minimum absolute atomic E-state index is 0.294. The van der Waals surface area contributed by atoms with Gasteiger partial charge in [-0.15, -0.1) is 0 Å². The molecule has 0 amide bonds. The van der Waals surface area contributed by atoms with Crippen molar-refractivity contribution in [2.45, 2.75) is 66.1 Å². The van der Waals surface area contributed by atoms with Gasteiger partial charge in [-0.1, -0.05) is 29.8 Å². The quantitative estimate of drug-likeness (QED) is 0.274. The van der Waals surface area contributed by atoms with Crippen molar-refractivity contribution in [1.82, 2.24) is 14.6 Å². The highest BCUT2D eigenvalue weighted by Gasteiger charge is 2.35. The van der Waals surface area contributed by atoms with Crippen molar-refractivity contribution in [1.29, 1.82) is 0 Å². The maximum Gasteiger partial charge on any atom is 0.339 e. The van der Waals surface area contributed by atoms with Gasteiger partial charge in [0.15, 0.2) is 23.3 Å². The SMILES string of the molecule is COC(=O)C(OC(C)(C)C)c1c(C)nc2cc(-c3ccc(C)cc3)nn2c1-c1cc(F)c2c(c1C)CCCO2. The fourth-order valence-corrected chi connectivity index (χ4v) is 5.16. The van der Waals surface area contributed by atoms with E-state index in [4.69, 9.17) is 24.3 Å². The summed E-state index contributed by atoms with van der Waals surface area (Å²) in [6, 6.07) is 11.4. The largest absolute Gasteiger partial charge is 0.490 e. The smallest absolute Gasteiger partial charge is 0.339 e. The first-order valence-electron chi connectivity index (χ1n) is 13.2. The van der Waals surface area contributed by atoms with Crippen LogP contribution in [0, 0.1) is 26.6 Å². The van der Waals surface area contributed by atoms with Crippen LogP contribution < -0.4 is 4.74 Å². The number of carbonyl (C=O) groups is 1. The lowest BCUT2D eigenvalue weighted by Crippen LogP contribution is -2.30. The molecule has 1 aliphatic rings. The number of rotatable bonds is 5. The summed E-state index contributed by atoms with van der Waals surface area (Å²) in [5.41, 5.74) is 6.57. The molecule has 204 valence electrons. The number of hydrogen-bond donors (Lipinski definition) is 0. The molecule has 7 nitrogen and oxygen atoms in total. The lowest BCUT2D eigenvalue weighted by Gasteiger charge is -2.29. The van der Waals surface area contributed by atoms with Crippen molar-refractivity contribution < 1.29 is 23.4 Å². The first-order valence-corrected chi connectivity index (χ1v) is 13.2. The van der Waals surface area contributed by atoms with Gasteiger partial charge in [0.25, 0.3) is 0 Å². The second kappa shape index (κ2) is 10.1. The zero-order valence-corrected chi connectivity index (χ0v) is 23.5. The molecule has 1 aliphatic heterocycles. The first-order chi connectivity index (χ1) is 18.5. The molecule has 39 heavy (non-hydrogen) atoms. The predicted octanol–water partition coefficient (Wildman–Crippen LogP) is 6.48. The molecule has 0 radical (unpaired) electrons. The summed E-state index contributed by atoms with van der Waals surface area (Å²) in [5.74, 6) is -0.723. The fraction of sp³-hybridized carbons (Fsp3) is 0.387. The Morgan fingerprint density at radius 1 is 1.13 bits per heavy atom. The van der Waals surface area contributed by atoms with Crippen LogP contribution in [-0.2, 0) is 20.7 Å². The summed E-state index contributed by atoms with van der Waals surface area (Å²) < 4.78 is 34.4. The van der Waals surface area contributed by atoms with E-state index in [0.717, 1.165) is 28.7 Å². The van der Waals surface area contributed by atoms with E-state index in [2.05, 4.69) is 0 Å². The third-order valence-corrected chi connectivity index (χ3v) is 7.02.